The molecule has 7 nitrogen and oxygen atoms in total. The van der Waals surface area contributed by atoms with Crippen molar-refractivity contribution in [2.45, 2.75) is 25.3 Å². The molecular formula is C19H23N3O4S. The molecule has 8 heteroatoms. The second-order valence-electron chi connectivity index (χ2n) is 6.44. The number of anilines is 1. The predicted octanol–water partition coefficient (Wildman–Crippen LogP) is 1.81. The van der Waals surface area contributed by atoms with Crippen molar-refractivity contribution in [3.8, 4) is 0 Å². The molecular weight excluding hydrogens is 366 g/mol. The average molecular weight is 389 g/mol. The highest BCUT2D eigenvalue weighted by Crippen LogP contribution is 2.15. The van der Waals surface area contributed by atoms with Gasteiger partial charge in [0.2, 0.25) is 10.0 Å². The molecule has 0 aliphatic heterocycles. The first kappa shape index (κ1) is 20.6. The van der Waals surface area contributed by atoms with E-state index < -0.39 is 21.8 Å². The summed E-state index contributed by atoms with van der Waals surface area (Å²) < 4.78 is 25.2. The van der Waals surface area contributed by atoms with E-state index >= 15 is 0 Å². The second kappa shape index (κ2) is 8.32. The number of rotatable bonds is 5. The van der Waals surface area contributed by atoms with E-state index in [4.69, 9.17) is 0 Å². The Kier molecular flexibility index (Phi) is 6.35. The molecule has 0 aromatic heterocycles. The summed E-state index contributed by atoms with van der Waals surface area (Å²) in [6, 6.07) is 11.6. The number of hydrogen-bond donors (Lipinski definition) is 2. The summed E-state index contributed by atoms with van der Waals surface area (Å²) in [5.74, 6) is -1.52. The monoisotopic (exact) mass is 389 g/mol. The van der Waals surface area contributed by atoms with Crippen LogP contribution in [0.5, 0.6) is 0 Å². The van der Waals surface area contributed by atoms with Gasteiger partial charge in [-0.3, -0.25) is 9.59 Å². The fraction of sp³-hybridized carbons (Fsp3) is 0.263. The molecule has 0 unspecified atom stereocenters. The summed E-state index contributed by atoms with van der Waals surface area (Å²) in [6.07, 6.45) is 0. The zero-order chi connectivity index (χ0) is 20.2. The van der Waals surface area contributed by atoms with Crippen LogP contribution >= 0.6 is 0 Å². The van der Waals surface area contributed by atoms with E-state index in [0.717, 1.165) is 15.4 Å². The van der Waals surface area contributed by atoms with E-state index in [-0.39, 0.29) is 11.4 Å². The van der Waals surface area contributed by atoms with Gasteiger partial charge in [0.1, 0.15) is 0 Å². The van der Waals surface area contributed by atoms with Crippen molar-refractivity contribution in [3.63, 3.8) is 0 Å². The molecule has 0 radical (unpaired) electrons. The summed E-state index contributed by atoms with van der Waals surface area (Å²) in [7, 11) is -0.586. The summed E-state index contributed by atoms with van der Waals surface area (Å²) >= 11 is 0. The molecule has 27 heavy (non-hydrogen) atoms. The van der Waals surface area contributed by atoms with Gasteiger partial charge < -0.3 is 10.6 Å². The number of nitrogens with one attached hydrogen (secondary N) is 2. The van der Waals surface area contributed by atoms with Gasteiger partial charge in [0.25, 0.3) is 0 Å². The van der Waals surface area contributed by atoms with Crippen molar-refractivity contribution >= 4 is 27.5 Å². The summed E-state index contributed by atoms with van der Waals surface area (Å²) in [5.41, 5.74) is 3.21. The van der Waals surface area contributed by atoms with Gasteiger partial charge in [-0.25, -0.2) is 12.7 Å². The first-order valence-electron chi connectivity index (χ1n) is 8.28. The van der Waals surface area contributed by atoms with Crippen LogP contribution in [0.2, 0.25) is 0 Å². The fourth-order valence-electron chi connectivity index (χ4n) is 2.49. The smallest absolute Gasteiger partial charge is 0.313 e. The zero-order valence-electron chi connectivity index (χ0n) is 15.7. The van der Waals surface area contributed by atoms with E-state index in [2.05, 4.69) is 10.6 Å². The fourth-order valence-corrected chi connectivity index (χ4v) is 3.39. The topological polar surface area (TPSA) is 95.6 Å². The first-order chi connectivity index (χ1) is 12.6. The zero-order valence-corrected chi connectivity index (χ0v) is 16.6. The quantitative estimate of drug-likeness (QED) is 0.763. The highest BCUT2D eigenvalue weighted by atomic mass is 32.2. The lowest BCUT2D eigenvalue weighted by Crippen LogP contribution is -2.35. The minimum Gasteiger partial charge on any atom is -0.344 e. The maximum Gasteiger partial charge on any atom is 0.313 e. The minimum atomic E-state index is -3.50. The van der Waals surface area contributed by atoms with Crippen molar-refractivity contribution in [1.82, 2.24) is 9.62 Å². The normalized spacial score (nSPS) is 11.3. The van der Waals surface area contributed by atoms with Gasteiger partial charge in [-0.05, 0) is 54.8 Å². The van der Waals surface area contributed by atoms with Gasteiger partial charge in [-0.15, -0.1) is 0 Å². The van der Waals surface area contributed by atoms with Crippen LogP contribution in [0.1, 0.15) is 16.7 Å². The van der Waals surface area contributed by atoms with Crippen LogP contribution in [0.25, 0.3) is 0 Å². The third kappa shape index (κ3) is 5.38. The van der Waals surface area contributed by atoms with Crippen molar-refractivity contribution in [2.75, 3.05) is 19.4 Å². The van der Waals surface area contributed by atoms with Gasteiger partial charge in [0, 0.05) is 26.3 Å². The van der Waals surface area contributed by atoms with E-state index in [1.54, 1.807) is 24.3 Å². The Labute approximate surface area is 159 Å². The van der Waals surface area contributed by atoms with Crippen LogP contribution in [0.15, 0.2) is 47.4 Å². The van der Waals surface area contributed by atoms with Crippen LogP contribution in [-0.4, -0.2) is 38.6 Å². The number of carbonyl (C=O) groups excluding carboxylic acids is 2. The minimum absolute atomic E-state index is 0.112. The number of hydrogen-bond acceptors (Lipinski definition) is 4. The Balaban J connectivity index is 1.96. The van der Waals surface area contributed by atoms with E-state index in [1.165, 1.54) is 26.2 Å². The van der Waals surface area contributed by atoms with Crippen molar-refractivity contribution in [1.29, 1.82) is 0 Å². The third-order valence-electron chi connectivity index (χ3n) is 3.84. The van der Waals surface area contributed by atoms with E-state index in [1.807, 2.05) is 19.9 Å². The SMILES string of the molecule is Cc1cc(C)cc(NC(=O)C(=O)NCc2ccc(S(=O)(=O)N(C)C)cc2)c1. The number of aryl methyl sites for hydroxylation is 2. The lowest BCUT2D eigenvalue weighted by atomic mass is 10.1. The van der Waals surface area contributed by atoms with Crippen molar-refractivity contribution in [3.05, 3.63) is 59.2 Å². The third-order valence-corrected chi connectivity index (χ3v) is 5.67. The molecule has 2 N–H and O–H groups in total. The van der Waals surface area contributed by atoms with Gasteiger partial charge >= 0.3 is 11.8 Å². The number of sulfonamides is 1. The molecule has 0 saturated heterocycles. The molecule has 0 atom stereocenters. The lowest BCUT2D eigenvalue weighted by Gasteiger charge is -2.12. The number of benzene rings is 2. The van der Waals surface area contributed by atoms with Gasteiger partial charge in [0.15, 0.2) is 0 Å². The highest BCUT2D eigenvalue weighted by Gasteiger charge is 2.17. The summed E-state index contributed by atoms with van der Waals surface area (Å²) in [6.45, 7) is 3.92. The van der Waals surface area contributed by atoms with Crippen LogP contribution in [-0.2, 0) is 26.2 Å². The largest absolute Gasteiger partial charge is 0.344 e. The molecule has 0 heterocycles. The highest BCUT2D eigenvalue weighted by molar-refractivity contribution is 7.89. The molecule has 0 aliphatic carbocycles. The molecule has 144 valence electrons. The summed E-state index contributed by atoms with van der Waals surface area (Å²) in [5, 5.41) is 5.08. The molecule has 0 spiro atoms. The van der Waals surface area contributed by atoms with Gasteiger partial charge in [-0.1, -0.05) is 18.2 Å². The number of amides is 2. The van der Waals surface area contributed by atoms with Crippen molar-refractivity contribution < 1.29 is 18.0 Å². The molecule has 0 aliphatic rings. The molecule has 0 saturated carbocycles. The molecule has 2 aromatic rings. The second-order valence-corrected chi connectivity index (χ2v) is 8.60. The van der Waals surface area contributed by atoms with Gasteiger partial charge in [-0.2, -0.15) is 0 Å². The molecule has 2 amide bonds. The van der Waals surface area contributed by atoms with Crippen LogP contribution in [0.4, 0.5) is 5.69 Å². The Hall–Kier alpha value is -2.71. The molecule has 0 fully saturated rings. The number of carbonyl (C=O) groups is 2. The average Bonchev–Trinajstić information content (AvgIpc) is 2.58. The Morgan fingerprint density at radius 1 is 0.926 bits per heavy atom. The Bertz CT molecular complexity index is 931. The van der Waals surface area contributed by atoms with Crippen LogP contribution in [0.3, 0.4) is 0 Å². The van der Waals surface area contributed by atoms with Crippen molar-refractivity contribution in [2.24, 2.45) is 0 Å². The van der Waals surface area contributed by atoms with Gasteiger partial charge in [0.05, 0.1) is 4.90 Å². The lowest BCUT2D eigenvalue weighted by molar-refractivity contribution is -0.136. The van der Waals surface area contributed by atoms with Crippen LogP contribution in [0, 0.1) is 13.8 Å². The van der Waals surface area contributed by atoms with Crippen LogP contribution < -0.4 is 10.6 Å². The number of nitrogens with zero attached hydrogens (tertiary/aromatic N) is 1. The molecule has 2 aromatic carbocycles. The summed E-state index contributed by atoms with van der Waals surface area (Å²) in [4.78, 5) is 24.2. The Morgan fingerprint density at radius 2 is 1.48 bits per heavy atom. The predicted molar refractivity (Wildman–Crippen MR) is 104 cm³/mol. The van der Waals surface area contributed by atoms with E-state index in [9.17, 15) is 18.0 Å². The maximum absolute atomic E-state index is 12.0. The molecule has 0 bridgehead atoms. The standard InChI is InChI=1S/C19H23N3O4S/c1-13-9-14(2)11-16(10-13)21-19(24)18(23)20-12-15-5-7-17(8-6-15)27(25,26)22(3)4/h5-11H,12H2,1-4H3,(H,20,23)(H,21,24). The maximum atomic E-state index is 12.0. The Morgan fingerprint density at radius 3 is 2.00 bits per heavy atom. The first-order valence-corrected chi connectivity index (χ1v) is 9.72. The van der Waals surface area contributed by atoms with E-state index in [0.29, 0.717) is 11.3 Å². The molecule has 2 rings (SSSR count).